The summed E-state index contributed by atoms with van der Waals surface area (Å²) >= 11 is 0. The number of nitrogens with zero attached hydrogens (tertiary/aromatic N) is 1. The highest BCUT2D eigenvalue weighted by Crippen LogP contribution is 2.33. The normalized spacial score (nSPS) is 11.3. The first kappa shape index (κ1) is 21.0. The Morgan fingerprint density at radius 2 is 1.50 bits per heavy atom. The van der Waals surface area contributed by atoms with Crippen molar-refractivity contribution >= 4 is 34.2 Å². The number of aromatic amines is 1. The van der Waals surface area contributed by atoms with E-state index in [1.807, 2.05) is 18.2 Å². The maximum atomic E-state index is 13.5. The maximum absolute atomic E-state index is 13.5. The SMILES string of the molecule is NC(=O)c1[nH]c2ccccc2c1-c1ccc(NC(=O)N(c2ccccc2)C(F)(F)F)cc1. The molecule has 1 heterocycles. The molecule has 4 N–H and O–H groups in total. The molecular weight excluding hydrogens is 421 g/mol. The quantitative estimate of drug-likeness (QED) is 0.368. The van der Waals surface area contributed by atoms with Crippen LogP contribution < -0.4 is 16.0 Å². The number of benzene rings is 3. The molecule has 0 spiro atoms. The summed E-state index contributed by atoms with van der Waals surface area (Å²) in [6.45, 7) is 0. The average molecular weight is 438 g/mol. The Hall–Kier alpha value is -4.27. The van der Waals surface area contributed by atoms with E-state index in [2.05, 4.69) is 10.3 Å². The Morgan fingerprint density at radius 1 is 0.875 bits per heavy atom. The molecule has 1 aromatic heterocycles. The van der Waals surface area contributed by atoms with Gasteiger partial charge in [-0.25, -0.2) is 9.69 Å². The van der Waals surface area contributed by atoms with Gasteiger partial charge in [0.2, 0.25) is 0 Å². The third-order valence-corrected chi connectivity index (χ3v) is 4.85. The lowest BCUT2D eigenvalue weighted by Crippen LogP contribution is -2.45. The van der Waals surface area contributed by atoms with E-state index < -0.39 is 18.2 Å². The molecule has 162 valence electrons. The lowest BCUT2D eigenvalue weighted by molar-refractivity contribution is -0.120. The topological polar surface area (TPSA) is 91.2 Å². The van der Waals surface area contributed by atoms with Crippen molar-refractivity contribution in [1.82, 2.24) is 4.98 Å². The van der Waals surface area contributed by atoms with Crippen molar-refractivity contribution in [1.29, 1.82) is 0 Å². The first-order chi connectivity index (χ1) is 15.3. The second kappa shape index (κ2) is 8.10. The minimum absolute atomic E-state index is 0.157. The molecule has 3 amide bonds. The zero-order valence-electron chi connectivity index (χ0n) is 16.5. The van der Waals surface area contributed by atoms with Crippen molar-refractivity contribution in [2.75, 3.05) is 10.2 Å². The van der Waals surface area contributed by atoms with Crippen LogP contribution in [0.4, 0.5) is 29.3 Å². The molecule has 6 nitrogen and oxygen atoms in total. The fraction of sp³-hybridized carbons (Fsp3) is 0.0435. The lowest BCUT2D eigenvalue weighted by atomic mass is 10.0. The molecule has 0 unspecified atom stereocenters. The number of primary amides is 1. The summed E-state index contributed by atoms with van der Waals surface area (Å²) in [5.74, 6) is -0.641. The van der Waals surface area contributed by atoms with Crippen LogP contribution in [0.1, 0.15) is 10.5 Å². The predicted octanol–water partition coefficient (Wildman–Crippen LogP) is 5.49. The van der Waals surface area contributed by atoms with Crippen LogP contribution in [0, 0.1) is 0 Å². The number of fused-ring (bicyclic) bond motifs is 1. The van der Waals surface area contributed by atoms with E-state index in [4.69, 9.17) is 5.73 Å². The second-order valence-corrected chi connectivity index (χ2v) is 6.93. The number of urea groups is 1. The van der Waals surface area contributed by atoms with Crippen LogP contribution in [0.25, 0.3) is 22.0 Å². The van der Waals surface area contributed by atoms with Gasteiger partial charge in [0, 0.05) is 22.2 Å². The molecule has 0 aliphatic carbocycles. The number of alkyl halides is 3. The molecule has 0 saturated heterocycles. The molecule has 0 bridgehead atoms. The molecule has 3 aromatic carbocycles. The number of anilines is 2. The fourth-order valence-electron chi connectivity index (χ4n) is 3.48. The smallest absolute Gasteiger partial charge is 0.364 e. The fourth-order valence-corrected chi connectivity index (χ4v) is 3.48. The summed E-state index contributed by atoms with van der Waals surface area (Å²) in [5, 5.41) is 3.03. The van der Waals surface area contributed by atoms with E-state index >= 15 is 0 Å². The van der Waals surface area contributed by atoms with Crippen LogP contribution in [0.5, 0.6) is 0 Å². The molecule has 0 atom stereocenters. The zero-order valence-corrected chi connectivity index (χ0v) is 16.5. The first-order valence-corrected chi connectivity index (χ1v) is 9.49. The van der Waals surface area contributed by atoms with Crippen LogP contribution in [-0.2, 0) is 0 Å². The number of rotatable bonds is 4. The molecule has 0 fully saturated rings. The van der Waals surface area contributed by atoms with E-state index in [1.165, 1.54) is 36.4 Å². The number of nitrogens with one attached hydrogen (secondary N) is 2. The Balaban J connectivity index is 1.64. The lowest BCUT2D eigenvalue weighted by Gasteiger charge is -2.25. The average Bonchev–Trinajstić information content (AvgIpc) is 3.14. The number of aromatic nitrogens is 1. The van der Waals surface area contributed by atoms with Gasteiger partial charge in [-0.3, -0.25) is 4.79 Å². The Bertz CT molecular complexity index is 1280. The number of para-hydroxylation sites is 2. The van der Waals surface area contributed by atoms with Gasteiger partial charge in [0.25, 0.3) is 5.91 Å². The van der Waals surface area contributed by atoms with Crippen LogP contribution in [0.2, 0.25) is 0 Å². The second-order valence-electron chi connectivity index (χ2n) is 6.93. The summed E-state index contributed by atoms with van der Waals surface area (Å²) in [7, 11) is 0. The van der Waals surface area contributed by atoms with Crippen LogP contribution in [-0.4, -0.2) is 23.2 Å². The number of amides is 3. The van der Waals surface area contributed by atoms with Gasteiger partial charge in [-0.2, -0.15) is 0 Å². The molecule has 0 aliphatic heterocycles. The van der Waals surface area contributed by atoms with E-state index in [0.717, 1.165) is 10.9 Å². The summed E-state index contributed by atoms with van der Waals surface area (Å²) in [6.07, 6.45) is -4.91. The monoisotopic (exact) mass is 438 g/mol. The van der Waals surface area contributed by atoms with Crippen molar-refractivity contribution in [3.05, 3.63) is 84.6 Å². The molecule has 32 heavy (non-hydrogen) atoms. The number of carbonyl (C=O) groups is 2. The van der Waals surface area contributed by atoms with Crippen LogP contribution in [0.3, 0.4) is 0 Å². The molecule has 0 aliphatic rings. The number of hydrogen-bond acceptors (Lipinski definition) is 2. The molecule has 0 radical (unpaired) electrons. The van der Waals surface area contributed by atoms with Gasteiger partial charge >= 0.3 is 12.3 Å². The summed E-state index contributed by atoms with van der Waals surface area (Å²) in [6, 6.07) is 18.8. The molecule has 4 aromatic rings. The summed E-state index contributed by atoms with van der Waals surface area (Å²) in [4.78, 5) is 27.0. The highest BCUT2D eigenvalue weighted by molar-refractivity contribution is 6.09. The summed E-state index contributed by atoms with van der Waals surface area (Å²) < 4.78 is 40.5. The Kier molecular flexibility index (Phi) is 5.31. The minimum Gasteiger partial charge on any atom is -0.364 e. The van der Waals surface area contributed by atoms with Gasteiger partial charge in [-0.15, -0.1) is 13.2 Å². The first-order valence-electron chi connectivity index (χ1n) is 9.49. The van der Waals surface area contributed by atoms with Crippen molar-refractivity contribution < 1.29 is 22.8 Å². The van der Waals surface area contributed by atoms with Crippen molar-refractivity contribution in [2.24, 2.45) is 5.73 Å². The maximum Gasteiger partial charge on any atom is 0.493 e. The van der Waals surface area contributed by atoms with E-state index in [9.17, 15) is 22.8 Å². The van der Waals surface area contributed by atoms with Gasteiger partial charge in [0.15, 0.2) is 0 Å². The summed E-state index contributed by atoms with van der Waals surface area (Å²) in [5.41, 5.74) is 7.48. The molecule has 9 heteroatoms. The van der Waals surface area contributed by atoms with Crippen molar-refractivity contribution in [3.8, 4) is 11.1 Å². The molecule has 0 saturated carbocycles. The van der Waals surface area contributed by atoms with Crippen molar-refractivity contribution in [2.45, 2.75) is 6.30 Å². The van der Waals surface area contributed by atoms with Gasteiger partial charge in [0.05, 0.1) is 5.69 Å². The minimum atomic E-state index is -4.91. The number of halogens is 3. The number of hydrogen-bond donors (Lipinski definition) is 3. The van der Waals surface area contributed by atoms with Crippen LogP contribution >= 0.6 is 0 Å². The van der Waals surface area contributed by atoms with E-state index in [1.54, 1.807) is 24.3 Å². The Labute approximate surface area is 180 Å². The van der Waals surface area contributed by atoms with E-state index in [0.29, 0.717) is 11.1 Å². The third kappa shape index (κ3) is 4.00. The number of nitrogens with two attached hydrogens (primary N) is 1. The van der Waals surface area contributed by atoms with Crippen LogP contribution in [0.15, 0.2) is 78.9 Å². The standard InChI is InChI=1S/C23H17F3N4O2/c24-23(25,26)30(16-6-2-1-3-7-16)22(32)28-15-12-10-14(11-13-15)19-17-8-4-5-9-18(17)29-20(19)21(27)31/h1-13,29H,(H2,27,31)(H,28,32). The Morgan fingerprint density at radius 3 is 2.12 bits per heavy atom. The highest BCUT2D eigenvalue weighted by Gasteiger charge is 2.42. The predicted molar refractivity (Wildman–Crippen MR) is 116 cm³/mol. The number of carbonyl (C=O) groups excluding carboxylic acids is 2. The number of H-pyrrole nitrogens is 1. The van der Waals surface area contributed by atoms with Gasteiger partial charge in [-0.1, -0.05) is 48.5 Å². The molecular formula is C23H17F3N4O2. The zero-order chi connectivity index (χ0) is 22.9. The highest BCUT2D eigenvalue weighted by atomic mass is 19.4. The van der Waals surface area contributed by atoms with Crippen molar-refractivity contribution in [3.63, 3.8) is 0 Å². The van der Waals surface area contributed by atoms with Gasteiger partial charge < -0.3 is 16.0 Å². The largest absolute Gasteiger partial charge is 0.493 e. The van der Waals surface area contributed by atoms with Gasteiger partial charge in [0.1, 0.15) is 5.69 Å². The van der Waals surface area contributed by atoms with Gasteiger partial charge in [-0.05, 0) is 35.9 Å². The third-order valence-electron chi connectivity index (χ3n) is 4.85. The molecule has 4 rings (SSSR count). The van der Waals surface area contributed by atoms with E-state index in [-0.39, 0.29) is 22.0 Å².